The van der Waals surface area contributed by atoms with Crippen LogP contribution in [-0.2, 0) is 13.6 Å². The summed E-state index contributed by atoms with van der Waals surface area (Å²) in [7, 11) is 1.86. The Balaban J connectivity index is 1.62. The van der Waals surface area contributed by atoms with Crippen molar-refractivity contribution in [1.29, 1.82) is 0 Å². The van der Waals surface area contributed by atoms with Crippen molar-refractivity contribution in [2.75, 3.05) is 11.9 Å². The van der Waals surface area contributed by atoms with Gasteiger partial charge >= 0.3 is 0 Å². The van der Waals surface area contributed by atoms with Crippen LogP contribution >= 0.6 is 0 Å². The van der Waals surface area contributed by atoms with E-state index in [1.807, 2.05) is 36.1 Å². The number of aromatic nitrogens is 6. The van der Waals surface area contributed by atoms with Gasteiger partial charge in [-0.15, -0.1) is 0 Å². The summed E-state index contributed by atoms with van der Waals surface area (Å²) in [5.41, 5.74) is 2.67. The minimum Gasteiger partial charge on any atom is -0.493 e. The molecule has 1 aromatic carbocycles. The van der Waals surface area contributed by atoms with Crippen LogP contribution in [0.4, 0.5) is 11.6 Å². The van der Waals surface area contributed by atoms with Crippen LogP contribution in [0.1, 0.15) is 18.9 Å². The van der Waals surface area contributed by atoms with Gasteiger partial charge in [0.05, 0.1) is 36.6 Å². The van der Waals surface area contributed by atoms with Crippen molar-refractivity contribution in [1.82, 2.24) is 29.5 Å². The number of fused-ring (bicyclic) bond motifs is 1. The highest BCUT2D eigenvalue weighted by atomic mass is 16.5. The van der Waals surface area contributed by atoms with Gasteiger partial charge in [-0.1, -0.05) is 25.1 Å². The van der Waals surface area contributed by atoms with Crippen molar-refractivity contribution in [2.24, 2.45) is 7.05 Å². The molecule has 1 N–H and O–H groups in total. The lowest BCUT2D eigenvalue weighted by Crippen LogP contribution is -2.06. The Hall–Kier alpha value is -3.42. The van der Waals surface area contributed by atoms with Crippen molar-refractivity contribution in [3.8, 4) is 5.75 Å². The molecule has 8 heteroatoms. The van der Waals surface area contributed by atoms with E-state index in [4.69, 9.17) is 4.74 Å². The fraction of sp³-hybridized carbons (Fsp3) is 0.263. The molecule has 0 bridgehead atoms. The van der Waals surface area contributed by atoms with Gasteiger partial charge in [-0.05, 0) is 12.5 Å². The summed E-state index contributed by atoms with van der Waals surface area (Å²) >= 11 is 0. The fourth-order valence-corrected chi connectivity index (χ4v) is 2.81. The van der Waals surface area contributed by atoms with Gasteiger partial charge in [0.1, 0.15) is 5.75 Å². The third kappa shape index (κ3) is 3.74. The lowest BCUT2D eigenvalue weighted by molar-refractivity contribution is 0.313. The number of para-hydroxylation sites is 1. The summed E-state index contributed by atoms with van der Waals surface area (Å²) in [6, 6.07) is 8.02. The van der Waals surface area contributed by atoms with Gasteiger partial charge in [0.2, 0.25) is 5.95 Å². The van der Waals surface area contributed by atoms with Gasteiger partial charge in [-0.3, -0.25) is 4.68 Å². The number of rotatable bonds is 7. The molecule has 3 aromatic heterocycles. The maximum atomic E-state index is 5.86. The number of ether oxygens (including phenoxy) is 1. The monoisotopic (exact) mass is 363 g/mol. The first kappa shape index (κ1) is 17.0. The van der Waals surface area contributed by atoms with Crippen LogP contribution in [0.5, 0.6) is 5.75 Å². The first-order valence-electron chi connectivity index (χ1n) is 8.88. The van der Waals surface area contributed by atoms with E-state index < -0.39 is 0 Å². The Morgan fingerprint density at radius 1 is 1.11 bits per heavy atom. The number of hydrogen-bond donors (Lipinski definition) is 1. The van der Waals surface area contributed by atoms with E-state index in [0.717, 1.165) is 34.5 Å². The highest BCUT2D eigenvalue weighted by molar-refractivity contribution is 5.75. The second kappa shape index (κ2) is 7.45. The number of nitrogens with zero attached hydrogens (tertiary/aromatic N) is 6. The second-order valence-corrected chi connectivity index (χ2v) is 6.26. The van der Waals surface area contributed by atoms with Gasteiger partial charge in [0.15, 0.2) is 5.65 Å². The summed E-state index contributed by atoms with van der Waals surface area (Å²) in [6.45, 7) is 3.36. The van der Waals surface area contributed by atoms with E-state index >= 15 is 0 Å². The van der Waals surface area contributed by atoms with Crippen molar-refractivity contribution in [2.45, 2.75) is 19.9 Å². The number of nitrogens with one attached hydrogen (secondary N) is 1. The molecule has 4 rings (SSSR count). The molecule has 3 heterocycles. The zero-order valence-corrected chi connectivity index (χ0v) is 15.3. The van der Waals surface area contributed by atoms with Crippen LogP contribution in [0.15, 0.2) is 49.1 Å². The molecular formula is C19H21N7O. The number of benzene rings is 1. The van der Waals surface area contributed by atoms with Gasteiger partial charge < -0.3 is 10.1 Å². The van der Waals surface area contributed by atoms with Gasteiger partial charge in [0.25, 0.3) is 0 Å². The van der Waals surface area contributed by atoms with E-state index in [0.29, 0.717) is 19.1 Å². The third-order valence-corrected chi connectivity index (χ3v) is 4.09. The van der Waals surface area contributed by atoms with Crippen LogP contribution in [0.3, 0.4) is 0 Å². The molecule has 0 saturated heterocycles. The van der Waals surface area contributed by atoms with E-state index in [-0.39, 0.29) is 0 Å². The molecular weight excluding hydrogens is 342 g/mol. The molecule has 0 aliphatic heterocycles. The van der Waals surface area contributed by atoms with Crippen LogP contribution in [0, 0.1) is 0 Å². The molecule has 138 valence electrons. The molecule has 4 aromatic rings. The highest BCUT2D eigenvalue weighted by Crippen LogP contribution is 2.22. The molecule has 0 atom stereocenters. The normalized spacial score (nSPS) is 11.0. The first-order valence-corrected chi connectivity index (χ1v) is 8.88. The Morgan fingerprint density at radius 2 is 2.00 bits per heavy atom. The average Bonchev–Trinajstić information content (AvgIpc) is 3.27. The predicted molar refractivity (Wildman–Crippen MR) is 103 cm³/mol. The van der Waals surface area contributed by atoms with Crippen molar-refractivity contribution >= 4 is 22.7 Å². The van der Waals surface area contributed by atoms with E-state index in [9.17, 15) is 0 Å². The molecule has 0 amide bonds. The quantitative estimate of drug-likeness (QED) is 0.543. The number of anilines is 2. The highest BCUT2D eigenvalue weighted by Gasteiger charge is 2.10. The Kier molecular flexibility index (Phi) is 4.69. The van der Waals surface area contributed by atoms with Gasteiger partial charge in [-0.2, -0.15) is 15.2 Å². The predicted octanol–water partition coefficient (Wildman–Crippen LogP) is 3.14. The minimum absolute atomic E-state index is 0.507. The second-order valence-electron chi connectivity index (χ2n) is 6.26. The van der Waals surface area contributed by atoms with E-state index in [1.165, 1.54) is 0 Å². The SMILES string of the molecule is CCCOc1ccccc1Cn1ncc2cnc(Nc3cnn(C)c3)nc21. The van der Waals surface area contributed by atoms with Crippen LogP contribution in [0.2, 0.25) is 0 Å². The molecule has 0 fully saturated rings. The van der Waals surface area contributed by atoms with Crippen molar-refractivity contribution in [3.63, 3.8) is 0 Å². The molecule has 8 nitrogen and oxygen atoms in total. The zero-order valence-electron chi connectivity index (χ0n) is 15.3. The van der Waals surface area contributed by atoms with Crippen LogP contribution in [0.25, 0.3) is 11.0 Å². The fourth-order valence-electron chi connectivity index (χ4n) is 2.81. The standard InChI is InChI=1S/C19H21N7O/c1-3-8-27-17-7-5-4-6-14(17)12-26-18-15(10-22-26)9-20-19(24-18)23-16-11-21-25(2)13-16/h4-7,9-11,13H,3,8,12H2,1-2H3,(H,20,23,24). The maximum absolute atomic E-state index is 5.86. The summed E-state index contributed by atoms with van der Waals surface area (Å²) in [4.78, 5) is 8.98. The molecule has 0 saturated carbocycles. The molecule has 0 radical (unpaired) electrons. The minimum atomic E-state index is 0.507. The summed E-state index contributed by atoms with van der Waals surface area (Å²) in [6.07, 6.45) is 8.11. The Morgan fingerprint density at radius 3 is 2.81 bits per heavy atom. The van der Waals surface area contributed by atoms with E-state index in [2.05, 4.69) is 38.5 Å². The average molecular weight is 363 g/mol. The smallest absolute Gasteiger partial charge is 0.229 e. The van der Waals surface area contributed by atoms with Crippen molar-refractivity contribution in [3.05, 3.63) is 54.6 Å². The molecule has 0 aliphatic carbocycles. The number of hydrogen-bond acceptors (Lipinski definition) is 6. The summed E-state index contributed by atoms with van der Waals surface area (Å²) in [5, 5.41) is 12.7. The Labute approximate surface area is 156 Å². The molecule has 0 spiro atoms. The maximum Gasteiger partial charge on any atom is 0.229 e. The van der Waals surface area contributed by atoms with Gasteiger partial charge in [-0.25, -0.2) is 9.67 Å². The molecule has 0 aliphatic rings. The van der Waals surface area contributed by atoms with Gasteiger partial charge in [0, 0.05) is 25.0 Å². The lowest BCUT2D eigenvalue weighted by atomic mass is 10.2. The largest absolute Gasteiger partial charge is 0.493 e. The summed E-state index contributed by atoms with van der Waals surface area (Å²) < 4.78 is 9.44. The first-order chi connectivity index (χ1) is 13.2. The van der Waals surface area contributed by atoms with Crippen LogP contribution < -0.4 is 10.1 Å². The van der Waals surface area contributed by atoms with E-state index in [1.54, 1.807) is 23.3 Å². The number of aryl methyl sites for hydroxylation is 1. The molecule has 27 heavy (non-hydrogen) atoms. The topological polar surface area (TPSA) is 82.7 Å². The zero-order chi connectivity index (χ0) is 18.6. The molecule has 0 unspecified atom stereocenters. The third-order valence-electron chi connectivity index (χ3n) is 4.09. The van der Waals surface area contributed by atoms with Crippen LogP contribution in [-0.4, -0.2) is 36.1 Å². The van der Waals surface area contributed by atoms with Crippen molar-refractivity contribution < 1.29 is 4.74 Å². The summed E-state index contributed by atoms with van der Waals surface area (Å²) in [5.74, 6) is 1.39. The Bertz CT molecular complexity index is 1050. The lowest BCUT2D eigenvalue weighted by Gasteiger charge is -2.11.